The summed E-state index contributed by atoms with van der Waals surface area (Å²) in [5.74, 6) is 0. The summed E-state index contributed by atoms with van der Waals surface area (Å²) in [4.78, 5) is 4.29. The van der Waals surface area contributed by atoms with E-state index in [4.69, 9.17) is 5.11 Å². The molecule has 0 spiro atoms. The van der Waals surface area contributed by atoms with Crippen LogP contribution in [0.5, 0.6) is 0 Å². The summed E-state index contributed by atoms with van der Waals surface area (Å²) in [6, 6.07) is 8.14. The minimum Gasteiger partial charge on any atom is -0.394 e. The summed E-state index contributed by atoms with van der Waals surface area (Å²) in [6.45, 7) is 1.13. The lowest BCUT2D eigenvalue weighted by molar-refractivity contribution is 0.268. The second-order valence-electron chi connectivity index (χ2n) is 4.46. The van der Waals surface area contributed by atoms with Gasteiger partial charge in [-0.15, -0.1) is 16.4 Å². The maximum atomic E-state index is 8.83. The van der Waals surface area contributed by atoms with E-state index in [1.54, 1.807) is 16.0 Å². The van der Waals surface area contributed by atoms with Gasteiger partial charge < -0.3 is 10.4 Å². The number of nitrogens with zero attached hydrogens (tertiary/aromatic N) is 4. The molecule has 0 aliphatic heterocycles. The molecule has 0 fully saturated rings. The molecule has 108 valence electrons. The van der Waals surface area contributed by atoms with Crippen molar-refractivity contribution in [3.05, 3.63) is 47.7 Å². The monoisotopic (exact) mass is 301 g/mol. The molecule has 3 aromatic rings. The normalized spacial score (nSPS) is 10.7. The summed E-state index contributed by atoms with van der Waals surface area (Å²) in [5, 5.41) is 23.1. The Balaban J connectivity index is 1.60. The molecule has 7 heteroatoms. The Morgan fingerprint density at radius 2 is 2.10 bits per heavy atom. The third-order valence-corrected chi connectivity index (χ3v) is 3.78. The van der Waals surface area contributed by atoms with Crippen molar-refractivity contribution in [1.29, 1.82) is 0 Å². The second kappa shape index (κ2) is 6.47. The third kappa shape index (κ3) is 3.45. The molecular weight excluding hydrogens is 286 g/mol. The van der Waals surface area contributed by atoms with Gasteiger partial charge in [0.25, 0.3) is 0 Å². The van der Waals surface area contributed by atoms with Gasteiger partial charge in [0.2, 0.25) is 0 Å². The van der Waals surface area contributed by atoms with Crippen LogP contribution in [0.3, 0.4) is 0 Å². The minimum absolute atomic E-state index is 0.0639. The summed E-state index contributed by atoms with van der Waals surface area (Å²) in [6.07, 6.45) is 3.63. The zero-order valence-electron chi connectivity index (χ0n) is 11.3. The van der Waals surface area contributed by atoms with Gasteiger partial charge in [-0.1, -0.05) is 5.21 Å². The average Bonchev–Trinajstić information content (AvgIpc) is 3.18. The van der Waals surface area contributed by atoms with Crippen molar-refractivity contribution in [3.63, 3.8) is 0 Å². The van der Waals surface area contributed by atoms with Crippen LogP contribution in [0.4, 0.5) is 5.69 Å². The van der Waals surface area contributed by atoms with E-state index in [0.29, 0.717) is 13.1 Å². The van der Waals surface area contributed by atoms with E-state index in [0.717, 1.165) is 22.0 Å². The highest BCUT2D eigenvalue weighted by molar-refractivity contribution is 7.13. The van der Waals surface area contributed by atoms with E-state index < -0.39 is 0 Å². The van der Waals surface area contributed by atoms with Crippen LogP contribution in [0.1, 0.15) is 5.69 Å². The van der Waals surface area contributed by atoms with E-state index in [1.807, 2.05) is 42.0 Å². The fraction of sp³-hybridized carbons (Fsp3) is 0.214. The zero-order valence-corrected chi connectivity index (χ0v) is 12.1. The van der Waals surface area contributed by atoms with Crippen LogP contribution in [0, 0.1) is 0 Å². The highest BCUT2D eigenvalue weighted by Gasteiger charge is 2.02. The van der Waals surface area contributed by atoms with Gasteiger partial charge in [0.15, 0.2) is 0 Å². The first kappa shape index (κ1) is 13.7. The number of anilines is 1. The quantitative estimate of drug-likeness (QED) is 0.728. The Morgan fingerprint density at radius 1 is 1.24 bits per heavy atom. The van der Waals surface area contributed by atoms with Gasteiger partial charge in [-0.3, -0.25) is 0 Å². The van der Waals surface area contributed by atoms with Crippen LogP contribution >= 0.6 is 11.3 Å². The summed E-state index contributed by atoms with van der Waals surface area (Å²) in [5.41, 5.74) is 2.98. The maximum Gasteiger partial charge on any atom is 0.123 e. The molecule has 0 unspecified atom stereocenters. The van der Waals surface area contributed by atoms with Crippen LogP contribution in [0.2, 0.25) is 0 Å². The van der Waals surface area contributed by atoms with Gasteiger partial charge in [0.1, 0.15) is 10.7 Å². The number of hydrogen-bond donors (Lipinski definition) is 2. The molecule has 0 aliphatic rings. The lowest BCUT2D eigenvalue weighted by atomic mass is 10.2. The maximum absolute atomic E-state index is 8.83. The predicted molar refractivity (Wildman–Crippen MR) is 82.0 cm³/mol. The van der Waals surface area contributed by atoms with Crippen molar-refractivity contribution < 1.29 is 5.11 Å². The first-order chi connectivity index (χ1) is 10.3. The predicted octanol–water partition coefficient (Wildman–Crippen LogP) is 2.01. The lowest BCUT2D eigenvalue weighted by Gasteiger charge is -2.04. The van der Waals surface area contributed by atoms with Crippen molar-refractivity contribution in [1.82, 2.24) is 20.0 Å². The van der Waals surface area contributed by atoms with Gasteiger partial charge in [-0.25, -0.2) is 9.67 Å². The number of aliphatic hydroxyl groups is 1. The van der Waals surface area contributed by atoms with Crippen LogP contribution in [-0.4, -0.2) is 31.7 Å². The van der Waals surface area contributed by atoms with Gasteiger partial charge in [0, 0.05) is 22.8 Å². The molecule has 2 heterocycles. The number of aromatic nitrogens is 4. The lowest BCUT2D eigenvalue weighted by Crippen LogP contribution is -2.02. The molecule has 6 nitrogen and oxygen atoms in total. The molecule has 0 saturated heterocycles. The molecule has 2 aromatic heterocycles. The fourth-order valence-electron chi connectivity index (χ4n) is 1.92. The molecular formula is C14H15N5OS. The highest BCUT2D eigenvalue weighted by atomic mass is 32.1. The van der Waals surface area contributed by atoms with Crippen molar-refractivity contribution in [2.75, 3.05) is 11.9 Å². The van der Waals surface area contributed by atoms with Crippen molar-refractivity contribution in [3.8, 4) is 10.6 Å². The van der Waals surface area contributed by atoms with Crippen molar-refractivity contribution >= 4 is 17.0 Å². The molecule has 0 bridgehead atoms. The molecule has 21 heavy (non-hydrogen) atoms. The zero-order chi connectivity index (χ0) is 14.5. The standard InChI is InChI=1S/C14H15N5OS/c20-7-6-19-10-13(17-18-19)9-16-12-3-1-11(2-4-12)14-15-5-8-21-14/h1-5,8,10,16,20H,6-7,9H2. The number of rotatable bonds is 6. The van der Waals surface area contributed by atoms with Crippen LogP contribution in [0.25, 0.3) is 10.6 Å². The number of nitrogens with one attached hydrogen (secondary N) is 1. The van der Waals surface area contributed by atoms with Crippen LogP contribution in [0.15, 0.2) is 42.0 Å². The number of benzene rings is 1. The highest BCUT2D eigenvalue weighted by Crippen LogP contribution is 2.23. The van der Waals surface area contributed by atoms with E-state index in [-0.39, 0.29) is 6.61 Å². The second-order valence-corrected chi connectivity index (χ2v) is 5.36. The largest absolute Gasteiger partial charge is 0.394 e. The first-order valence-corrected chi connectivity index (χ1v) is 7.47. The summed E-state index contributed by atoms with van der Waals surface area (Å²) >= 11 is 1.63. The number of hydrogen-bond acceptors (Lipinski definition) is 6. The summed E-state index contributed by atoms with van der Waals surface area (Å²) < 4.78 is 1.63. The van der Waals surface area contributed by atoms with Crippen LogP contribution < -0.4 is 5.32 Å². The molecule has 0 saturated carbocycles. The fourth-order valence-corrected chi connectivity index (χ4v) is 2.57. The van der Waals surface area contributed by atoms with Crippen molar-refractivity contribution in [2.24, 2.45) is 0 Å². The molecule has 2 N–H and O–H groups in total. The van der Waals surface area contributed by atoms with Gasteiger partial charge in [-0.2, -0.15) is 0 Å². The minimum atomic E-state index is 0.0639. The molecule has 1 aromatic carbocycles. The molecule has 0 aliphatic carbocycles. The number of thiazole rings is 1. The van der Waals surface area contributed by atoms with E-state index in [9.17, 15) is 0 Å². The van der Waals surface area contributed by atoms with E-state index in [2.05, 4.69) is 20.6 Å². The van der Waals surface area contributed by atoms with Gasteiger partial charge >= 0.3 is 0 Å². The molecule has 0 amide bonds. The third-order valence-electron chi connectivity index (χ3n) is 2.95. The topological polar surface area (TPSA) is 75.9 Å². The van der Waals surface area contributed by atoms with Crippen LogP contribution in [-0.2, 0) is 13.1 Å². The Bertz CT molecular complexity index is 678. The van der Waals surface area contributed by atoms with E-state index >= 15 is 0 Å². The van der Waals surface area contributed by atoms with Crippen molar-refractivity contribution in [2.45, 2.75) is 13.1 Å². The molecule has 0 atom stereocenters. The Kier molecular flexibility index (Phi) is 4.23. The Morgan fingerprint density at radius 3 is 2.81 bits per heavy atom. The Labute approximate surface area is 126 Å². The first-order valence-electron chi connectivity index (χ1n) is 6.59. The number of aliphatic hydroxyl groups excluding tert-OH is 1. The van der Waals surface area contributed by atoms with E-state index in [1.165, 1.54) is 0 Å². The van der Waals surface area contributed by atoms with Gasteiger partial charge in [-0.05, 0) is 24.3 Å². The van der Waals surface area contributed by atoms with Gasteiger partial charge in [0.05, 0.1) is 25.9 Å². The smallest absolute Gasteiger partial charge is 0.123 e. The SMILES string of the molecule is OCCn1cc(CNc2ccc(-c3nccs3)cc2)nn1. The summed E-state index contributed by atoms with van der Waals surface area (Å²) in [7, 11) is 0. The molecule has 3 rings (SSSR count). The average molecular weight is 301 g/mol. The Hall–Kier alpha value is -2.25. The molecule has 0 radical (unpaired) electrons.